The molecular formula is C21H30N4O. The van der Waals surface area contributed by atoms with Crippen molar-refractivity contribution < 1.29 is 4.79 Å². The number of aromatic nitrogens is 3. The summed E-state index contributed by atoms with van der Waals surface area (Å²) in [6, 6.07) is 2.00. The maximum atomic E-state index is 12.8. The molecule has 0 spiro atoms. The van der Waals surface area contributed by atoms with Gasteiger partial charge in [-0.15, -0.1) is 0 Å². The van der Waals surface area contributed by atoms with Crippen molar-refractivity contribution in [1.29, 1.82) is 0 Å². The van der Waals surface area contributed by atoms with E-state index in [1.54, 1.807) is 0 Å². The molecule has 2 aromatic heterocycles. The number of amides is 1. The molecule has 2 aliphatic rings. The van der Waals surface area contributed by atoms with Crippen molar-refractivity contribution in [3.63, 3.8) is 0 Å². The molecule has 3 heterocycles. The number of fused-ring (bicyclic) bond motifs is 2. The van der Waals surface area contributed by atoms with Gasteiger partial charge in [-0.1, -0.05) is 19.3 Å². The molecule has 1 aliphatic heterocycles. The van der Waals surface area contributed by atoms with Crippen molar-refractivity contribution >= 4 is 11.6 Å². The van der Waals surface area contributed by atoms with E-state index in [1.807, 2.05) is 24.4 Å². The Bertz CT molecular complexity index is 825. The van der Waals surface area contributed by atoms with Crippen molar-refractivity contribution in [1.82, 2.24) is 19.5 Å². The average molecular weight is 354 g/mol. The van der Waals surface area contributed by atoms with Crippen LogP contribution in [0.1, 0.15) is 61.2 Å². The van der Waals surface area contributed by atoms with E-state index in [2.05, 4.69) is 21.9 Å². The van der Waals surface area contributed by atoms with Crippen LogP contribution in [0.5, 0.6) is 0 Å². The number of likely N-dealkylation sites (tertiary alicyclic amines) is 1. The van der Waals surface area contributed by atoms with E-state index in [1.165, 1.54) is 37.7 Å². The Morgan fingerprint density at radius 1 is 1.15 bits per heavy atom. The summed E-state index contributed by atoms with van der Waals surface area (Å²) in [4.78, 5) is 19.6. The Morgan fingerprint density at radius 2 is 1.92 bits per heavy atom. The molecule has 4 rings (SSSR count). The highest BCUT2D eigenvalue weighted by Gasteiger charge is 2.32. The van der Waals surface area contributed by atoms with Crippen LogP contribution in [0.15, 0.2) is 6.07 Å². The Balaban J connectivity index is 1.44. The molecule has 2 aromatic rings. The second-order valence-corrected chi connectivity index (χ2v) is 8.25. The molecule has 5 nitrogen and oxygen atoms in total. The number of piperidine rings is 1. The fourth-order valence-electron chi connectivity index (χ4n) is 5.02. The van der Waals surface area contributed by atoms with E-state index in [0.29, 0.717) is 12.3 Å². The SMILES string of the molecule is Cc1cc2nc(C)c(CCC(=O)N3CC[C@@H]4CCCC[C@H]4C3)c(C)n2n1. The minimum atomic E-state index is 0.310. The van der Waals surface area contributed by atoms with Crippen LogP contribution in [0.25, 0.3) is 5.65 Å². The molecule has 26 heavy (non-hydrogen) atoms. The maximum Gasteiger partial charge on any atom is 0.222 e. The van der Waals surface area contributed by atoms with Gasteiger partial charge >= 0.3 is 0 Å². The second-order valence-electron chi connectivity index (χ2n) is 8.25. The number of carbonyl (C=O) groups is 1. The molecule has 0 unspecified atom stereocenters. The van der Waals surface area contributed by atoms with Crippen molar-refractivity contribution in [2.45, 2.75) is 65.7 Å². The zero-order chi connectivity index (χ0) is 18.3. The lowest BCUT2D eigenvalue weighted by atomic mass is 9.75. The molecule has 0 radical (unpaired) electrons. The Labute approximate surface area is 155 Å². The zero-order valence-corrected chi connectivity index (χ0v) is 16.3. The molecular weight excluding hydrogens is 324 g/mol. The van der Waals surface area contributed by atoms with Gasteiger partial charge in [0, 0.05) is 37.0 Å². The molecule has 1 aliphatic carbocycles. The summed E-state index contributed by atoms with van der Waals surface area (Å²) in [6.07, 6.45) is 7.95. The summed E-state index contributed by atoms with van der Waals surface area (Å²) in [6.45, 7) is 8.05. The van der Waals surface area contributed by atoms with Gasteiger partial charge in [-0.05, 0) is 57.4 Å². The van der Waals surface area contributed by atoms with Crippen LogP contribution in [-0.4, -0.2) is 38.5 Å². The number of carbonyl (C=O) groups excluding carboxylic acids is 1. The van der Waals surface area contributed by atoms with Crippen LogP contribution in [0.3, 0.4) is 0 Å². The van der Waals surface area contributed by atoms with E-state index in [9.17, 15) is 4.79 Å². The third-order valence-electron chi connectivity index (χ3n) is 6.52. The Kier molecular flexibility index (Phi) is 4.72. The monoisotopic (exact) mass is 354 g/mol. The average Bonchev–Trinajstić information content (AvgIpc) is 3.01. The predicted molar refractivity (Wildman–Crippen MR) is 102 cm³/mol. The highest BCUT2D eigenvalue weighted by Crippen LogP contribution is 2.36. The van der Waals surface area contributed by atoms with E-state index < -0.39 is 0 Å². The molecule has 5 heteroatoms. The first kappa shape index (κ1) is 17.5. The number of hydrogen-bond donors (Lipinski definition) is 0. The van der Waals surface area contributed by atoms with Crippen molar-refractivity contribution in [2.24, 2.45) is 11.8 Å². The second kappa shape index (κ2) is 7.01. The topological polar surface area (TPSA) is 50.5 Å². The van der Waals surface area contributed by atoms with Gasteiger partial charge in [0.2, 0.25) is 5.91 Å². The lowest BCUT2D eigenvalue weighted by Gasteiger charge is -2.41. The van der Waals surface area contributed by atoms with Gasteiger partial charge in [-0.25, -0.2) is 9.50 Å². The molecule has 0 bridgehead atoms. The largest absolute Gasteiger partial charge is 0.342 e. The molecule has 2 atom stereocenters. The summed E-state index contributed by atoms with van der Waals surface area (Å²) in [5.41, 5.74) is 5.17. The Hall–Kier alpha value is -1.91. The van der Waals surface area contributed by atoms with Gasteiger partial charge in [-0.2, -0.15) is 5.10 Å². The summed E-state index contributed by atoms with van der Waals surface area (Å²) >= 11 is 0. The quantitative estimate of drug-likeness (QED) is 0.846. The molecule has 1 saturated heterocycles. The van der Waals surface area contributed by atoms with Crippen molar-refractivity contribution in [3.8, 4) is 0 Å². The fraction of sp³-hybridized carbons (Fsp3) is 0.667. The van der Waals surface area contributed by atoms with Crippen molar-refractivity contribution in [3.05, 3.63) is 28.7 Å². The summed E-state index contributed by atoms with van der Waals surface area (Å²) in [5, 5.41) is 4.54. The molecule has 1 saturated carbocycles. The van der Waals surface area contributed by atoms with Gasteiger partial charge in [0.1, 0.15) is 0 Å². The van der Waals surface area contributed by atoms with Crippen LogP contribution in [-0.2, 0) is 11.2 Å². The van der Waals surface area contributed by atoms with Crippen LogP contribution in [0.2, 0.25) is 0 Å². The first-order valence-corrected chi connectivity index (χ1v) is 10.1. The van der Waals surface area contributed by atoms with Gasteiger partial charge < -0.3 is 4.90 Å². The molecule has 2 fully saturated rings. The zero-order valence-electron chi connectivity index (χ0n) is 16.3. The summed E-state index contributed by atoms with van der Waals surface area (Å²) in [7, 11) is 0. The minimum absolute atomic E-state index is 0.310. The van der Waals surface area contributed by atoms with Gasteiger partial charge in [0.15, 0.2) is 5.65 Å². The summed E-state index contributed by atoms with van der Waals surface area (Å²) in [5.74, 6) is 1.92. The highest BCUT2D eigenvalue weighted by atomic mass is 16.2. The third kappa shape index (κ3) is 3.24. The van der Waals surface area contributed by atoms with E-state index >= 15 is 0 Å². The predicted octanol–water partition coefficient (Wildman–Crippen LogP) is 3.63. The third-order valence-corrected chi connectivity index (χ3v) is 6.52. The minimum Gasteiger partial charge on any atom is -0.342 e. The molecule has 0 N–H and O–H groups in total. The van der Waals surface area contributed by atoms with Gasteiger partial charge in [-0.3, -0.25) is 4.79 Å². The number of nitrogens with zero attached hydrogens (tertiary/aromatic N) is 4. The van der Waals surface area contributed by atoms with Crippen LogP contribution in [0.4, 0.5) is 0 Å². The lowest BCUT2D eigenvalue weighted by Crippen LogP contribution is -2.44. The van der Waals surface area contributed by atoms with E-state index in [-0.39, 0.29) is 0 Å². The number of hydrogen-bond acceptors (Lipinski definition) is 3. The van der Waals surface area contributed by atoms with Gasteiger partial charge in [0.05, 0.1) is 5.69 Å². The van der Waals surface area contributed by atoms with Crippen LogP contribution in [0, 0.1) is 32.6 Å². The first-order valence-electron chi connectivity index (χ1n) is 10.1. The maximum absolute atomic E-state index is 12.8. The summed E-state index contributed by atoms with van der Waals surface area (Å²) < 4.78 is 1.91. The van der Waals surface area contributed by atoms with Gasteiger partial charge in [0.25, 0.3) is 0 Å². The normalized spacial score (nSPS) is 23.3. The van der Waals surface area contributed by atoms with E-state index in [4.69, 9.17) is 0 Å². The Morgan fingerprint density at radius 3 is 2.73 bits per heavy atom. The highest BCUT2D eigenvalue weighted by molar-refractivity contribution is 5.76. The smallest absolute Gasteiger partial charge is 0.222 e. The van der Waals surface area contributed by atoms with Crippen LogP contribution >= 0.6 is 0 Å². The number of aryl methyl sites for hydroxylation is 3. The lowest BCUT2D eigenvalue weighted by molar-refractivity contribution is -0.134. The first-order chi connectivity index (χ1) is 12.5. The molecule has 1 amide bonds. The standard InChI is InChI=1S/C21H30N4O/c1-14-12-20-22-15(2)19(16(3)25(20)23-14)8-9-21(26)24-11-10-17-6-4-5-7-18(17)13-24/h12,17-18H,4-11,13H2,1-3H3/t17-,18-/m0/s1. The van der Waals surface area contributed by atoms with Crippen LogP contribution < -0.4 is 0 Å². The van der Waals surface area contributed by atoms with E-state index in [0.717, 1.165) is 54.1 Å². The number of rotatable bonds is 3. The molecule has 140 valence electrons. The molecule has 0 aromatic carbocycles. The fourth-order valence-corrected chi connectivity index (χ4v) is 5.02. The van der Waals surface area contributed by atoms with Crippen molar-refractivity contribution in [2.75, 3.05) is 13.1 Å².